The SMILES string of the molecule is O=C(NCc1cccnc1)C1Cc2ccccc2N1C(=O)c1ccccc1. The van der Waals surface area contributed by atoms with E-state index in [4.69, 9.17) is 0 Å². The highest BCUT2D eigenvalue weighted by Gasteiger charge is 2.38. The molecule has 0 bridgehead atoms. The lowest BCUT2D eigenvalue weighted by Crippen LogP contribution is -2.48. The predicted octanol–water partition coefficient (Wildman–Crippen LogP) is 2.97. The zero-order chi connectivity index (χ0) is 18.6. The number of carbonyl (C=O) groups is 2. The number of hydrogen-bond acceptors (Lipinski definition) is 3. The van der Waals surface area contributed by atoms with Gasteiger partial charge in [-0.15, -0.1) is 0 Å². The maximum atomic E-state index is 13.1. The van der Waals surface area contributed by atoms with E-state index in [2.05, 4.69) is 10.3 Å². The van der Waals surface area contributed by atoms with Crippen LogP contribution in [0.4, 0.5) is 5.69 Å². The van der Waals surface area contributed by atoms with Gasteiger partial charge in [0.05, 0.1) is 0 Å². The highest BCUT2D eigenvalue weighted by atomic mass is 16.2. The molecule has 134 valence electrons. The largest absolute Gasteiger partial charge is 0.350 e. The molecule has 1 aromatic heterocycles. The number of para-hydroxylation sites is 1. The molecule has 1 N–H and O–H groups in total. The molecule has 2 heterocycles. The Balaban J connectivity index is 1.59. The quantitative estimate of drug-likeness (QED) is 0.781. The Morgan fingerprint density at radius 2 is 1.78 bits per heavy atom. The average molecular weight is 357 g/mol. The van der Waals surface area contributed by atoms with Gasteiger partial charge in [0.15, 0.2) is 0 Å². The Morgan fingerprint density at radius 3 is 2.56 bits per heavy atom. The Kier molecular flexibility index (Phi) is 4.66. The summed E-state index contributed by atoms with van der Waals surface area (Å²) in [6.07, 6.45) is 3.92. The van der Waals surface area contributed by atoms with Crippen LogP contribution in [0.2, 0.25) is 0 Å². The predicted molar refractivity (Wildman–Crippen MR) is 103 cm³/mol. The first kappa shape index (κ1) is 17.0. The molecule has 2 amide bonds. The topological polar surface area (TPSA) is 62.3 Å². The third-order valence-electron chi connectivity index (χ3n) is 4.71. The molecule has 5 nitrogen and oxygen atoms in total. The zero-order valence-electron chi connectivity index (χ0n) is 14.7. The number of amides is 2. The number of nitrogens with one attached hydrogen (secondary N) is 1. The molecule has 1 unspecified atom stereocenters. The second-order valence-electron chi connectivity index (χ2n) is 6.47. The lowest BCUT2D eigenvalue weighted by Gasteiger charge is -2.25. The lowest BCUT2D eigenvalue weighted by molar-refractivity contribution is -0.122. The van der Waals surface area contributed by atoms with Crippen LogP contribution >= 0.6 is 0 Å². The normalized spacial score (nSPS) is 15.3. The molecule has 0 spiro atoms. The molecule has 1 aliphatic heterocycles. The van der Waals surface area contributed by atoms with Crippen LogP contribution in [-0.4, -0.2) is 22.8 Å². The Morgan fingerprint density at radius 1 is 1.00 bits per heavy atom. The molecule has 5 heteroatoms. The lowest BCUT2D eigenvalue weighted by atomic mass is 10.1. The van der Waals surface area contributed by atoms with Gasteiger partial charge in [-0.05, 0) is 35.4 Å². The number of nitrogens with zero attached hydrogens (tertiary/aromatic N) is 2. The average Bonchev–Trinajstić information content (AvgIpc) is 3.12. The van der Waals surface area contributed by atoms with Crippen molar-refractivity contribution >= 4 is 17.5 Å². The first-order chi connectivity index (χ1) is 13.2. The van der Waals surface area contributed by atoms with Crippen LogP contribution in [0.3, 0.4) is 0 Å². The van der Waals surface area contributed by atoms with Gasteiger partial charge in [-0.2, -0.15) is 0 Å². The smallest absolute Gasteiger partial charge is 0.259 e. The third-order valence-corrected chi connectivity index (χ3v) is 4.71. The minimum Gasteiger partial charge on any atom is -0.350 e. The van der Waals surface area contributed by atoms with E-state index in [1.807, 2.05) is 54.6 Å². The third kappa shape index (κ3) is 3.44. The van der Waals surface area contributed by atoms with Crippen LogP contribution in [-0.2, 0) is 17.8 Å². The monoisotopic (exact) mass is 357 g/mol. The molecule has 1 aliphatic rings. The van der Waals surface area contributed by atoms with Crippen LogP contribution in [0.5, 0.6) is 0 Å². The number of carbonyl (C=O) groups excluding carboxylic acids is 2. The number of fused-ring (bicyclic) bond motifs is 1. The van der Waals surface area contributed by atoms with Crippen LogP contribution in [0.15, 0.2) is 79.1 Å². The van der Waals surface area contributed by atoms with Crippen LogP contribution in [0.25, 0.3) is 0 Å². The van der Waals surface area contributed by atoms with Gasteiger partial charge in [0.2, 0.25) is 5.91 Å². The fraction of sp³-hybridized carbons (Fsp3) is 0.136. The fourth-order valence-electron chi connectivity index (χ4n) is 3.38. The molecule has 0 aliphatic carbocycles. The van der Waals surface area contributed by atoms with Gasteiger partial charge in [0, 0.05) is 36.6 Å². The van der Waals surface area contributed by atoms with Gasteiger partial charge < -0.3 is 5.32 Å². The summed E-state index contributed by atoms with van der Waals surface area (Å²) >= 11 is 0. The van der Waals surface area contributed by atoms with E-state index in [-0.39, 0.29) is 11.8 Å². The van der Waals surface area contributed by atoms with E-state index in [0.717, 1.165) is 16.8 Å². The van der Waals surface area contributed by atoms with Crippen molar-refractivity contribution in [2.75, 3.05) is 4.90 Å². The highest BCUT2D eigenvalue weighted by molar-refractivity contribution is 6.11. The summed E-state index contributed by atoms with van der Waals surface area (Å²) in [5.74, 6) is -0.332. The van der Waals surface area contributed by atoms with Crippen molar-refractivity contribution in [2.24, 2.45) is 0 Å². The summed E-state index contributed by atoms with van der Waals surface area (Å²) in [6.45, 7) is 0.382. The maximum absolute atomic E-state index is 13.1. The second-order valence-corrected chi connectivity index (χ2v) is 6.47. The molecule has 2 aromatic carbocycles. The number of aromatic nitrogens is 1. The summed E-state index contributed by atoms with van der Waals surface area (Å²) in [7, 11) is 0. The van der Waals surface area contributed by atoms with E-state index in [1.165, 1.54) is 0 Å². The number of pyridine rings is 1. The van der Waals surface area contributed by atoms with Crippen LogP contribution in [0, 0.1) is 0 Å². The van der Waals surface area contributed by atoms with Gasteiger partial charge in [-0.1, -0.05) is 42.5 Å². The summed E-state index contributed by atoms with van der Waals surface area (Å²) in [5, 5.41) is 2.94. The summed E-state index contributed by atoms with van der Waals surface area (Å²) in [6, 6.07) is 19.9. The Labute approximate surface area is 157 Å². The summed E-state index contributed by atoms with van der Waals surface area (Å²) < 4.78 is 0. The van der Waals surface area contributed by atoms with Crippen LogP contribution in [0.1, 0.15) is 21.5 Å². The molecular formula is C22H19N3O2. The van der Waals surface area contributed by atoms with E-state index in [9.17, 15) is 9.59 Å². The maximum Gasteiger partial charge on any atom is 0.259 e. The Bertz CT molecular complexity index is 958. The first-order valence-electron chi connectivity index (χ1n) is 8.87. The van der Waals surface area contributed by atoms with Gasteiger partial charge >= 0.3 is 0 Å². The molecule has 3 aromatic rings. The van der Waals surface area contributed by atoms with Gasteiger partial charge in [0.25, 0.3) is 5.91 Å². The van der Waals surface area contributed by atoms with E-state index >= 15 is 0 Å². The molecular weight excluding hydrogens is 338 g/mol. The molecule has 4 rings (SSSR count). The van der Waals surface area contributed by atoms with Gasteiger partial charge in [0.1, 0.15) is 6.04 Å². The van der Waals surface area contributed by atoms with Crippen molar-refractivity contribution in [3.8, 4) is 0 Å². The molecule has 1 atom stereocenters. The second kappa shape index (κ2) is 7.41. The minimum absolute atomic E-state index is 0.165. The van der Waals surface area contributed by atoms with E-state index < -0.39 is 6.04 Å². The van der Waals surface area contributed by atoms with Gasteiger partial charge in [-0.3, -0.25) is 19.5 Å². The molecule has 0 saturated carbocycles. The number of rotatable bonds is 4. The molecule has 27 heavy (non-hydrogen) atoms. The van der Waals surface area contributed by atoms with E-state index in [0.29, 0.717) is 18.5 Å². The zero-order valence-corrected chi connectivity index (χ0v) is 14.7. The van der Waals surface area contributed by atoms with Crippen molar-refractivity contribution in [1.29, 1.82) is 0 Å². The van der Waals surface area contributed by atoms with E-state index in [1.54, 1.807) is 29.4 Å². The fourth-order valence-corrected chi connectivity index (χ4v) is 3.38. The van der Waals surface area contributed by atoms with Crippen molar-refractivity contribution in [2.45, 2.75) is 19.0 Å². The van der Waals surface area contributed by atoms with Crippen LogP contribution < -0.4 is 10.2 Å². The number of hydrogen-bond donors (Lipinski definition) is 1. The highest BCUT2D eigenvalue weighted by Crippen LogP contribution is 2.33. The number of benzene rings is 2. The van der Waals surface area contributed by atoms with Crippen molar-refractivity contribution in [1.82, 2.24) is 10.3 Å². The first-order valence-corrected chi connectivity index (χ1v) is 8.87. The molecule has 0 fully saturated rings. The molecule has 0 radical (unpaired) electrons. The van der Waals surface area contributed by atoms with Crippen molar-refractivity contribution in [3.05, 3.63) is 95.8 Å². The van der Waals surface area contributed by atoms with Gasteiger partial charge in [-0.25, -0.2) is 0 Å². The minimum atomic E-state index is -0.563. The Hall–Kier alpha value is -3.47. The number of anilines is 1. The van der Waals surface area contributed by atoms with Crippen molar-refractivity contribution < 1.29 is 9.59 Å². The summed E-state index contributed by atoms with van der Waals surface area (Å²) in [4.78, 5) is 31.7. The summed E-state index contributed by atoms with van der Waals surface area (Å²) in [5.41, 5.74) is 3.29. The molecule has 0 saturated heterocycles. The standard InChI is InChI=1S/C22H19N3O2/c26-21(24-15-16-7-6-12-23-14-16)20-13-18-10-4-5-11-19(18)25(20)22(27)17-8-2-1-3-9-17/h1-12,14,20H,13,15H2,(H,24,26). The van der Waals surface area contributed by atoms with Crippen molar-refractivity contribution in [3.63, 3.8) is 0 Å².